The number of hydrogen-bond donors (Lipinski definition) is 1. The van der Waals surface area contributed by atoms with E-state index in [2.05, 4.69) is 38.7 Å². The number of aromatic nitrogens is 1. The fourth-order valence-corrected chi connectivity index (χ4v) is 4.65. The van der Waals surface area contributed by atoms with Gasteiger partial charge in [0.25, 0.3) is 0 Å². The predicted octanol–water partition coefficient (Wildman–Crippen LogP) is 3.91. The first-order chi connectivity index (χ1) is 14.4. The molecule has 0 aliphatic heterocycles. The summed E-state index contributed by atoms with van der Waals surface area (Å²) in [6.07, 6.45) is 5.07. The number of hydrogen-bond acceptors (Lipinski definition) is 2. The van der Waals surface area contributed by atoms with Gasteiger partial charge in [0.1, 0.15) is 5.75 Å². The number of rotatable bonds is 6. The third-order valence-electron chi connectivity index (χ3n) is 5.95. The minimum absolute atomic E-state index is 0. The van der Waals surface area contributed by atoms with Crippen LogP contribution < -0.4 is 34.3 Å². The molecule has 0 radical (unpaired) electrons. The van der Waals surface area contributed by atoms with E-state index in [1.165, 1.54) is 25.7 Å². The summed E-state index contributed by atoms with van der Waals surface area (Å²) in [5, 5.41) is 9.56. The first kappa shape index (κ1) is 24.1. The smallest absolute Gasteiger partial charge is 1.00 e. The van der Waals surface area contributed by atoms with E-state index >= 15 is 0 Å². The van der Waals surface area contributed by atoms with Crippen molar-refractivity contribution in [1.29, 1.82) is 0 Å². The van der Waals surface area contributed by atoms with Crippen LogP contribution in [0.4, 0.5) is 0 Å². The second kappa shape index (κ2) is 10.4. The molecule has 1 aromatic heterocycles. The minimum Gasteiger partial charge on any atom is -1.00 e. The third-order valence-corrected chi connectivity index (χ3v) is 6.45. The number of ether oxygens (including phenoxy) is 1. The molecule has 31 heavy (non-hydrogen) atoms. The topological polar surface area (TPSA) is 51.5 Å². The van der Waals surface area contributed by atoms with Gasteiger partial charge in [0.05, 0.1) is 17.9 Å². The average Bonchev–Trinajstić information content (AvgIpc) is 3.37. The van der Waals surface area contributed by atoms with Crippen molar-refractivity contribution in [1.82, 2.24) is 4.57 Å². The molecule has 0 saturated heterocycles. The van der Waals surface area contributed by atoms with Crippen molar-refractivity contribution in [3.05, 3.63) is 69.8 Å². The standard InChI is InChI=1S/C25H26BrNO3.Na.H/c1-16-7-10-20(14-21(16)25(28)29)27-17(2)8-11-23(27)22-13-19(26)9-12-24(22)30-15-18-5-3-4-6-18;;/h7-14,18H,3-6,15H2,1-2H3,(H,28,29);;/q;+1;-1. The molecule has 0 bridgehead atoms. The average molecular weight is 492 g/mol. The van der Waals surface area contributed by atoms with Crippen LogP contribution in [0.3, 0.4) is 0 Å². The summed E-state index contributed by atoms with van der Waals surface area (Å²) in [5.74, 6) is 0.573. The Labute approximate surface area is 215 Å². The second-order valence-corrected chi connectivity index (χ2v) is 9.02. The van der Waals surface area contributed by atoms with Crippen LogP contribution >= 0.6 is 15.9 Å². The molecule has 0 amide bonds. The van der Waals surface area contributed by atoms with Crippen LogP contribution in [0.1, 0.15) is 48.7 Å². The first-order valence-corrected chi connectivity index (χ1v) is 11.2. The normalized spacial score (nSPS) is 13.8. The molecule has 1 aliphatic carbocycles. The predicted molar refractivity (Wildman–Crippen MR) is 124 cm³/mol. The Morgan fingerprint density at radius 3 is 2.58 bits per heavy atom. The van der Waals surface area contributed by atoms with Crippen LogP contribution in [0.5, 0.6) is 5.75 Å². The zero-order valence-electron chi connectivity index (χ0n) is 19.3. The van der Waals surface area contributed by atoms with Gasteiger partial charge < -0.3 is 15.8 Å². The van der Waals surface area contributed by atoms with E-state index in [1.54, 1.807) is 6.07 Å². The Hall–Kier alpha value is -1.53. The number of nitrogens with zero attached hydrogens (tertiary/aromatic N) is 1. The summed E-state index contributed by atoms with van der Waals surface area (Å²) in [6, 6.07) is 15.8. The molecular formula is C25H27BrNNaO3. The number of halogens is 1. The molecular weight excluding hydrogens is 465 g/mol. The molecule has 1 N–H and O–H groups in total. The zero-order chi connectivity index (χ0) is 21.3. The first-order valence-electron chi connectivity index (χ1n) is 10.4. The maximum Gasteiger partial charge on any atom is 1.00 e. The van der Waals surface area contributed by atoms with Gasteiger partial charge in [-0.25, -0.2) is 4.79 Å². The maximum atomic E-state index is 11.7. The van der Waals surface area contributed by atoms with Crippen LogP contribution in [0.25, 0.3) is 16.9 Å². The zero-order valence-corrected chi connectivity index (χ0v) is 21.9. The van der Waals surface area contributed by atoms with E-state index in [1.807, 2.05) is 38.1 Å². The minimum atomic E-state index is -0.913. The molecule has 4 rings (SSSR count). The van der Waals surface area contributed by atoms with Crippen molar-refractivity contribution in [2.45, 2.75) is 39.5 Å². The van der Waals surface area contributed by atoms with Crippen LogP contribution in [0.2, 0.25) is 0 Å². The molecule has 1 heterocycles. The fourth-order valence-electron chi connectivity index (χ4n) is 4.28. The summed E-state index contributed by atoms with van der Waals surface area (Å²) >= 11 is 3.60. The number of benzene rings is 2. The van der Waals surface area contributed by atoms with Crippen molar-refractivity contribution < 1.29 is 45.6 Å². The Bertz CT molecular complexity index is 1090. The molecule has 0 atom stereocenters. The SMILES string of the molecule is Cc1ccc(-n2c(C)ccc2-c2cc(Br)ccc2OCC2CCCC2)cc1C(=O)O.[H-].[Na+]. The van der Waals surface area contributed by atoms with Crippen LogP contribution in [0, 0.1) is 19.8 Å². The van der Waals surface area contributed by atoms with Gasteiger partial charge in [0, 0.05) is 21.4 Å². The van der Waals surface area contributed by atoms with E-state index in [0.717, 1.165) is 45.0 Å². The Morgan fingerprint density at radius 2 is 1.87 bits per heavy atom. The quantitative estimate of drug-likeness (QED) is 0.531. The van der Waals surface area contributed by atoms with E-state index in [0.29, 0.717) is 11.5 Å². The summed E-state index contributed by atoms with van der Waals surface area (Å²) in [7, 11) is 0. The van der Waals surface area contributed by atoms with Gasteiger partial charge >= 0.3 is 35.5 Å². The number of aromatic carboxylic acids is 1. The van der Waals surface area contributed by atoms with E-state index < -0.39 is 5.97 Å². The summed E-state index contributed by atoms with van der Waals surface area (Å²) < 4.78 is 9.35. The molecule has 0 spiro atoms. The van der Waals surface area contributed by atoms with Crippen molar-refractivity contribution >= 4 is 21.9 Å². The second-order valence-electron chi connectivity index (χ2n) is 8.10. The van der Waals surface area contributed by atoms with E-state index in [-0.39, 0.29) is 31.0 Å². The largest absolute Gasteiger partial charge is 1.00 e. The van der Waals surface area contributed by atoms with Gasteiger partial charge in [0.2, 0.25) is 0 Å². The Morgan fingerprint density at radius 1 is 1.13 bits per heavy atom. The molecule has 3 aromatic rings. The van der Waals surface area contributed by atoms with Crippen molar-refractivity contribution in [2.75, 3.05) is 6.61 Å². The van der Waals surface area contributed by atoms with Crippen molar-refractivity contribution in [2.24, 2.45) is 5.92 Å². The van der Waals surface area contributed by atoms with Gasteiger partial charge in [-0.2, -0.15) is 0 Å². The number of aryl methyl sites for hydroxylation is 2. The molecule has 2 aromatic carbocycles. The number of carboxylic acid groups (broad SMARTS) is 1. The molecule has 6 heteroatoms. The van der Waals surface area contributed by atoms with Crippen LogP contribution in [0.15, 0.2) is 53.0 Å². The Balaban J connectivity index is 0.00000181. The number of carbonyl (C=O) groups is 1. The summed E-state index contributed by atoms with van der Waals surface area (Å²) in [5.41, 5.74) is 4.91. The molecule has 1 saturated carbocycles. The fraction of sp³-hybridized carbons (Fsp3) is 0.320. The number of carboxylic acids is 1. The van der Waals surface area contributed by atoms with Crippen LogP contribution in [-0.4, -0.2) is 22.2 Å². The molecule has 158 valence electrons. The monoisotopic (exact) mass is 491 g/mol. The molecule has 1 aliphatic rings. The van der Waals surface area contributed by atoms with E-state index in [9.17, 15) is 9.90 Å². The van der Waals surface area contributed by atoms with Crippen LogP contribution in [-0.2, 0) is 0 Å². The van der Waals surface area contributed by atoms with Crippen molar-refractivity contribution in [3.8, 4) is 22.7 Å². The Kier molecular flexibility index (Phi) is 8.08. The van der Waals surface area contributed by atoms with Gasteiger partial charge in [-0.15, -0.1) is 0 Å². The van der Waals surface area contributed by atoms with Crippen molar-refractivity contribution in [3.63, 3.8) is 0 Å². The van der Waals surface area contributed by atoms with Gasteiger partial charge in [-0.05, 0) is 80.6 Å². The maximum absolute atomic E-state index is 11.7. The van der Waals surface area contributed by atoms with Gasteiger partial charge in [-0.3, -0.25) is 0 Å². The molecule has 4 nitrogen and oxygen atoms in total. The summed E-state index contributed by atoms with van der Waals surface area (Å²) in [6.45, 7) is 4.59. The van der Waals surface area contributed by atoms with Gasteiger partial charge in [-0.1, -0.05) is 34.8 Å². The van der Waals surface area contributed by atoms with E-state index in [4.69, 9.17) is 4.74 Å². The van der Waals surface area contributed by atoms with Gasteiger partial charge in [0.15, 0.2) is 0 Å². The molecule has 0 unspecified atom stereocenters. The summed E-state index contributed by atoms with van der Waals surface area (Å²) in [4.78, 5) is 11.7. The third kappa shape index (κ3) is 5.28. The molecule has 1 fully saturated rings.